The highest BCUT2D eigenvalue weighted by molar-refractivity contribution is 7.98. The molecule has 94 valence electrons. The van der Waals surface area contributed by atoms with Crippen LogP contribution in [0.1, 0.15) is 11.1 Å². The second-order valence-corrected chi connectivity index (χ2v) is 5.45. The third-order valence-corrected chi connectivity index (χ3v) is 4.07. The lowest BCUT2D eigenvalue weighted by Gasteiger charge is -2.08. The summed E-state index contributed by atoms with van der Waals surface area (Å²) in [5, 5.41) is 0.452. The molecule has 1 nitrogen and oxygen atoms in total. The van der Waals surface area contributed by atoms with E-state index >= 15 is 0 Å². The van der Waals surface area contributed by atoms with E-state index in [2.05, 4.69) is 0 Å². The van der Waals surface area contributed by atoms with E-state index in [1.807, 2.05) is 25.1 Å². The molecule has 18 heavy (non-hydrogen) atoms. The predicted molar refractivity (Wildman–Crippen MR) is 76.6 cm³/mol. The first-order valence-electron chi connectivity index (χ1n) is 5.50. The quantitative estimate of drug-likeness (QED) is 0.654. The van der Waals surface area contributed by atoms with Crippen molar-refractivity contribution in [1.82, 2.24) is 0 Å². The summed E-state index contributed by atoms with van der Waals surface area (Å²) in [5.41, 5.74) is 8.26. The molecule has 0 spiro atoms. The van der Waals surface area contributed by atoms with Gasteiger partial charge in [0.1, 0.15) is 5.82 Å². The highest BCUT2D eigenvalue weighted by Gasteiger charge is 2.08. The Labute approximate surface area is 115 Å². The minimum absolute atomic E-state index is 0.277. The number of rotatable bonds is 3. The molecule has 2 rings (SSSR count). The average molecular weight is 282 g/mol. The van der Waals surface area contributed by atoms with Crippen LogP contribution < -0.4 is 5.73 Å². The summed E-state index contributed by atoms with van der Waals surface area (Å²) in [7, 11) is 0. The van der Waals surface area contributed by atoms with Crippen LogP contribution in [0.3, 0.4) is 0 Å². The Balaban J connectivity index is 2.16. The van der Waals surface area contributed by atoms with Crippen LogP contribution in [0.4, 0.5) is 10.1 Å². The molecule has 0 amide bonds. The summed E-state index contributed by atoms with van der Waals surface area (Å²) in [4.78, 5) is 0.944. The molecule has 0 radical (unpaired) electrons. The number of anilines is 1. The fraction of sp³-hybridized carbons (Fsp3) is 0.143. The molecular formula is C14H13ClFNS. The van der Waals surface area contributed by atoms with E-state index in [4.69, 9.17) is 17.3 Å². The van der Waals surface area contributed by atoms with Crippen molar-refractivity contribution in [2.75, 3.05) is 5.73 Å². The average Bonchev–Trinajstić information content (AvgIpc) is 2.31. The Morgan fingerprint density at radius 2 is 2.06 bits per heavy atom. The van der Waals surface area contributed by atoms with Gasteiger partial charge in [0, 0.05) is 26.9 Å². The molecule has 4 heteroatoms. The molecule has 0 saturated carbocycles. The number of benzene rings is 2. The molecule has 2 aromatic carbocycles. The second kappa shape index (κ2) is 5.63. The summed E-state index contributed by atoms with van der Waals surface area (Å²) in [6.07, 6.45) is 0. The lowest BCUT2D eigenvalue weighted by molar-refractivity contribution is 0.617. The Hall–Kier alpha value is -1.19. The van der Waals surface area contributed by atoms with Gasteiger partial charge in [-0.2, -0.15) is 0 Å². The maximum Gasteiger partial charge on any atom is 0.128 e. The summed E-state index contributed by atoms with van der Waals surface area (Å²) < 4.78 is 13.6. The molecule has 2 aromatic rings. The lowest BCUT2D eigenvalue weighted by atomic mass is 10.2. The van der Waals surface area contributed by atoms with Gasteiger partial charge in [-0.3, -0.25) is 0 Å². The van der Waals surface area contributed by atoms with Crippen molar-refractivity contribution in [2.45, 2.75) is 17.6 Å². The molecule has 0 aromatic heterocycles. The molecule has 0 unspecified atom stereocenters. The van der Waals surface area contributed by atoms with Crippen LogP contribution in [0.5, 0.6) is 0 Å². The van der Waals surface area contributed by atoms with Gasteiger partial charge in [-0.15, -0.1) is 11.8 Å². The van der Waals surface area contributed by atoms with Crippen LogP contribution in [0.2, 0.25) is 5.02 Å². The normalized spacial score (nSPS) is 10.6. The SMILES string of the molecule is Cc1ccc(SCc2c(F)cccc2Cl)c(N)c1. The highest BCUT2D eigenvalue weighted by Crippen LogP contribution is 2.31. The fourth-order valence-corrected chi connectivity index (χ4v) is 2.91. The molecule has 0 aliphatic heterocycles. The standard InChI is InChI=1S/C14H13ClFNS/c1-9-5-6-14(13(17)7-9)18-8-10-11(15)3-2-4-12(10)16/h2-7H,8,17H2,1H3. The Morgan fingerprint density at radius 1 is 1.28 bits per heavy atom. The van der Waals surface area contributed by atoms with Gasteiger partial charge in [0.25, 0.3) is 0 Å². The number of hydrogen-bond donors (Lipinski definition) is 1. The Bertz CT molecular complexity index is 551. The molecule has 0 aliphatic rings. The van der Waals surface area contributed by atoms with E-state index in [1.165, 1.54) is 17.8 Å². The van der Waals surface area contributed by atoms with Crippen molar-refractivity contribution in [3.63, 3.8) is 0 Å². The van der Waals surface area contributed by atoms with E-state index in [0.29, 0.717) is 22.0 Å². The molecule has 0 heterocycles. The summed E-state index contributed by atoms with van der Waals surface area (Å²) in [6.45, 7) is 1.98. The third-order valence-electron chi connectivity index (χ3n) is 2.60. The van der Waals surface area contributed by atoms with Gasteiger partial charge in [0.15, 0.2) is 0 Å². The van der Waals surface area contributed by atoms with Crippen molar-refractivity contribution in [3.05, 3.63) is 58.4 Å². The van der Waals surface area contributed by atoms with Gasteiger partial charge in [-0.25, -0.2) is 4.39 Å². The van der Waals surface area contributed by atoms with Crippen molar-refractivity contribution < 1.29 is 4.39 Å². The van der Waals surface area contributed by atoms with Gasteiger partial charge >= 0.3 is 0 Å². The van der Waals surface area contributed by atoms with Crippen LogP contribution in [-0.2, 0) is 5.75 Å². The Kier molecular flexibility index (Phi) is 4.15. The predicted octanol–water partition coefficient (Wildman–Crippen LogP) is 4.66. The number of halogens is 2. The van der Waals surface area contributed by atoms with Crippen LogP contribution in [0, 0.1) is 12.7 Å². The van der Waals surface area contributed by atoms with Crippen molar-refractivity contribution >= 4 is 29.1 Å². The zero-order valence-electron chi connectivity index (χ0n) is 9.91. The largest absolute Gasteiger partial charge is 0.398 e. The number of nitrogen functional groups attached to an aromatic ring is 1. The maximum atomic E-state index is 13.6. The smallest absolute Gasteiger partial charge is 0.128 e. The zero-order chi connectivity index (χ0) is 13.1. The first-order chi connectivity index (χ1) is 8.58. The third kappa shape index (κ3) is 2.98. The van der Waals surface area contributed by atoms with Crippen molar-refractivity contribution in [1.29, 1.82) is 0 Å². The number of hydrogen-bond acceptors (Lipinski definition) is 2. The molecule has 0 fully saturated rings. The van der Waals surface area contributed by atoms with E-state index < -0.39 is 0 Å². The van der Waals surface area contributed by atoms with E-state index in [9.17, 15) is 4.39 Å². The van der Waals surface area contributed by atoms with Crippen LogP contribution in [0.15, 0.2) is 41.3 Å². The molecule has 0 bridgehead atoms. The number of thioether (sulfide) groups is 1. The van der Waals surface area contributed by atoms with E-state index in [0.717, 1.165) is 10.5 Å². The minimum Gasteiger partial charge on any atom is -0.398 e. The highest BCUT2D eigenvalue weighted by atomic mass is 35.5. The van der Waals surface area contributed by atoms with Gasteiger partial charge in [0.05, 0.1) is 0 Å². The lowest BCUT2D eigenvalue weighted by Crippen LogP contribution is -1.92. The first kappa shape index (κ1) is 13.2. The van der Waals surface area contributed by atoms with Gasteiger partial charge in [0.2, 0.25) is 0 Å². The monoisotopic (exact) mass is 281 g/mol. The first-order valence-corrected chi connectivity index (χ1v) is 6.86. The zero-order valence-corrected chi connectivity index (χ0v) is 11.5. The van der Waals surface area contributed by atoms with E-state index in [-0.39, 0.29) is 5.82 Å². The topological polar surface area (TPSA) is 26.0 Å². The number of nitrogens with two attached hydrogens (primary N) is 1. The van der Waals surface area contributed by atoms with Crippen LogP contribution in [0.25, 0.3) is 0 Å². The molecule has 2 N–H and O–H groups in total. The summed E-state index contributed by atoms with van der Waals surface area (Å²) in [6, 6.07) is 10.6. The van der Waals surface area contributed by atoms with Crippen LogP contribution >= 0.6 is 23.4 Å². The van der Waals surface area contributed by atoms with Crippen molar-refractivity contribution in [3.8, 4) is 0 Å². The van der Waals surface area contributed by atoms with Crippen LogP contribution in [-0.4, -0.2) is 0 Å². The molecule has 0 aliphatic carbocycles. The molecule has 0 saturated heterocycles. The van der Waals surface area contributed by atoms with Gasteiger partial charge in [-0.1, -0.05) is 23.7 Å². The minimum atomic E-state index is -0.277. The van der Waals surface area contributed by atoms with E-state index in [1.54, 1.807) is 12.1 Å². The Morgan fingerprint density at radius 3 is 2.72 bits per heavy atom. The molecular weight excluding hydrogens is 269 g/mol. The summed E-state index contributed by atoms with van der Waals surface area (Å²) >= 11 is 7.46. The second-order valence-electron chi connectivity index (χ2n) is 4.03. The van der Waals surface area contributed by atoms with Gasteiger partial charge in [-0.05, 0) is 36.8 Å². The number of aryl methyl sites for hydroxylation is 1. The fourth-order valence-electron chi connectivity index (χ4n) is 1.62. The maximum absolute atomic E-state index is 13.6. The van der Waals surface area contributed by atoms with Crippen molar-refractivity contribution in [2.24, 2.45) is 0 Å². The summed E-state index contributed by atoms with van der Waals surface area (Å²) in [5.74, 6) is 0.194. The van der Waals surface area contributed by atoms with Gasteiger partial charge < -0.3 is 5.73 Å². The molecule has 0 atom stereocenters.